The molecular formula is C19H22N2O5. The molecule has 2 aromatic carbocycles. The second kappa shape index (κ2) is 9.43. The fourth-order valence-electron chi connectivity index (χ4n) is 2.31. The summed E-state index contributed by atoms with van der Waals surface area (Å²) in [6.45, 7) is 2.75. The first kappa shape index (κ1) is 19.3. The zero-order chi connectivity index (χ0) is 18.9. The summed E-state index contributed by atoms with van der Waals surface area (Å²) in [6.07, 6.45) is 0. The Kier molecular flexibility index (Phi) is 6.99. The van der Waals surface area contributed by atoms with Crippen LogP contribution in [0.5, 0.6) is 11.5 Å². The van der Waals surface area contributed by atoms with Crippen LogP contribution in [-0.4, -0.2) is 32.6 Å². The highest BCUT2D eigenvalue weighted by molar-refractivity contribution is 5.99. The van der Waals surface area contributed by atoms with Crippen molar-refractivity contribution in [3.8, 4) is 11.5 Å². The van der Waals surface area contributed by atoms with Gasteiger partial charge in [0.15, 0.2) is 11.5 Å². The van der Waals surface area contributed by atoms with Crippen molar-refractivity contribution in [1.82, 2.24) is 10.9 Å². The first-order valence-corrected chi connectivity index (χ1v) is 8.08. The number of amides is 2. The normalized spacial score (nSPS) is 10.1. The minimum Gasteiger partial charge on any atom is -0.493 e. The van der Waals surface area contributed by atoms with Gasteiger partial charge < -0.3 is 14.2 Å². The fourth-order valence-corrected chi connectivity index (χ4v) is 2.31. The van der Waals surface area contributed by atoms with Crippen LogP contribution < -0.4 is 20.3 Å². The SMILES string of the molecule is CCOc1ccc(C(=O)NNC(=O)c2cccc(COC)c2)cc1OC. The molecule has 2 N–H and O–H groups in total. The molecular weight excluding hydrogens is 336 g/mol. The van der Waals surface area contributed by atoms with Gasteiger partial charge >= 0.3 is 0 Å². The highest BCUT2D eigenvalue weighted by Crippen LogP contribution is 2.27. The molecule has 2 rings (SSSR count). The van der Waals surface area contributed by atoms with Crippen LogP contribution in [0.25, 0.3) is 0 Å². The quantitative estimate of drug-likeness (QED) is 0.742. The van der Waals surface area contributed by atoms with Gasteiger partial charge in [0.05, 0.1) is 20.3 Å². The molecule has 7 heteroatoms. The van der Waals surface area contributed by atoms with Crippen LogP contribution >= 0.6 is 0 Å². The molecule has 0 saturated heterocycles. The van der Waals surface area contributed by atoms with Gasteiger partial charge in [-0.25, -0.2) is 0 Å². The summed E-state index contributed by atoms with van der Waals surface area (Å²) in [4.78, 5) is 24.4. The standard InChI is InChI=1S/C19H22N2O5/c1-4-26-16-9-8-15(11-17(16)25-3)19(23)21-20-18(22)14-7-5-6-13(10-14)12-24-2/h5-11H,4,12H2,1-3H3,(H,20,22)(H,21,23). The van der Waals surface area contributed by atoms with Gasteiger partial charge in [0.25, 0.3) is 11.8 Å². The lowest BCUT2D eigenvalue weighted by molar-refractivity contribution is 0.0846. The summed E-state index contributed by atoms with van der Waals surface area (Å²) in [7, 11) is 3.08. The second-order valence-electron chi connectivity index (χ2n) is 5.34. The number of methoxy groups -OCH3 is 2. The lowest BCUT2D eigenvalue weighted by Gasteiger charge is -2.12. The Bertz CT molecular complexity index is 776. The molecule has 0 heterocycles. The second-order valence-corrected chi connectivity index (χ2v) is 5.34. The highest BCUT2D eigenvalue weighted by atomic mass is 16.5. The summed E-state index contributed by atoms with van der Waals surface area (Å²) in [5.74, 6) is 0.102. The summed E-state index contributed by atoms with van der Waals surface area (Å²) in [5, 5.41) is 0. The molecule has 26 heavy (non-hydrogen) atoms. The van der Waals surface area contributed by atoms with E-state index < -0.39 is 11.8 Å². The van der Waals surface area contributed by atoms with Crippen molar-refractivity contribution in [2.45, 2.75) is 13.5 Å². The van der Waals surface area contributed by atoms with Crippen molar-refractivity contribution < 1.29 is 23.8 Å². The molecule has 7 nitrogen and oxygen atoms in total. The molecule has 0 saturated carbocycles. The Morgan fingerprint density at radius 3 is 2.23 bits per heavy atom. The van der Waals surface area contributed by atoms with E-state index >= 15 is 0 Å². The van der Waals surface area contributed by atoms with Gasteiger partial charge in [-0.15, -0.1) is 0 Å². The van der Waals surface area contributed by atoms with E-state index in [9.17, 15) is 9.59 Å². The molecule has 0 unspecified atom stereocenters. The number of nitrogens with one attached hydrogen (secondary N) is 2. The van der Waals surface area contributed by atoms with Crippen molar-refractivity contribution in [3.05, 3.63) is 59.2 Å². The Labute approximate surface area is 152 Å². The molecule has 0 aromatic heterocycles. The summed E-state index contributed by atoms with van der Waals surface area (Å²) in [6, 6.07) is 11.7. The molecule has 0 aliphatic rings. The van der Waals surface area contributed by atoms with E-state index in [1.165, 1.54) is 7.11 Å². The molecule has 0 bridgehead atoms. The number of hydrogen-bond acceptors (Lipinski definition) is 5. The number of hydrogen-bond donors (Lipinski definition) is 2. The first-order chi connectivity index (χ1) is 12.6. The minimum atomic E-state index is -0.465. The zero-order valence-electron chi connectivity index (χ0n) is 15.0. The topological polar surface area (TPSA) is 85.9 Å². The Morgan fingerprint density at radius 1 is 0.923 bits per heavy atom. The van der Waals surface area contributed by atoms with Crippen LogP contribution in [0.4, 0.5) is 0 Å². The molecule has 2 amide bonds. The van der Waals surface area contributed by atoms with Crippen LogP contribution in [0, 0.1) is 0 Å². The monoisotopic (exact) mass is 358 g/mol. The van der Waals surface area contributed by atoms with E-state index in [1.54, 1.807) is 43.5 Å². The van der Waals surface area contributed by atoms with Gasteiger partial charge in [-0.05, 0) is 42.8 Å². The molecule has 0 spiro atoms. The molecule has 0 fully saturated rings. The number of benzene rings is 2. The van der Waals surface area contributed by atoms with E-state index in [4.69, 9.17) is 14.2 Å². The highest BCUT2D eigenvalue weighted by Gasteiger charge is 2.13. The smallest absolute Gasteiger partial charge is 0.269 e. The van der Waals surface area contributed by atoms with Crippen LogP contribution in [-0.2, 0) is 11.3 Å². The average molecular weight is 358 g/mol. The number of carbonyl (C=O) groups excluding carboxylic acids is 2. The molecule has 0 aliphatic carbocycles. The maximum atomic E-state index is 12.2. The van der Waals surface area contributed by atoms with E-state index in [-0.39, 0.29) is 0 Å². The third-order valence-electron chi connectivity index (χ3n) is 3.52. The number of rotatable bonds is 7. The van der Waals surface area contributed by atoms with Crippen LogP contribution in [0.1, 0.15) is 33.2 Å². The minimum absolute atomic E-state index is 0.332. The summed E-state index contributed by atoms with van der Waals surface area (Å²) in [5.41, 5.74) is 6.39. The van der Waals surface area contributed by atoms with Gasteiger partial charge in [0, 0.05) is 18.2 Å². The predicted molar refractivity (Wildman–Crippen MR) is 96.3 cm³/mol. The summed E-state index contributed by atoms with van der Waals surface area (Å²) >= 11 is 0. The third-order valence-corrected chi connectivity index (χ3v) is 3.52. The molecule has 0 radical (unpaired) electrons. The van der Waals surface area contributed by atoms with E-state index in [2.05, 4.69) is 10.9 Å². The van der Waals surface area contributed by atoms with Crippen LogP contribution in [0.15, 0.2) is 42.5 Å². The maximum absolute atomic E-state index is 12.2. The van der Waals surface area contributed by atoms with Crippen molar-refractivity contribution in [2.24, 2.45) is 0 Å². The van der Waals surface area contributed by atoms with Gasteiger partial charge in [-0.3, -0.25) is 20.4 Å². The van der Waals surface area contributed by atoms with Gasteiger partial charge in [0.1, 0.15) is 0 Å². The molecule has 0 aliphatic heterocycles. The van der Waals surface area contributed by atoms with Crippen molar-refractivity contribution in [2.75, 3.05) is 20.8 Å². The predicted octanol–water partition coefficient (Wildman–Crippen LogP) is 2.32. The molecule has 138 valence electrons. The third kappa shape index (κ3) is 4.97. The van der Waals surface area contributed by atoms with Crippen LogP contribution in [0.2, 0.25) is 0 Å². The van der Waals surface area contributed by atoms with E-state index in [0.29, 0.717) is 35.8 Å². The van der Waals surface area contributed by atoms with Crippen molar-refractivity contribution >= 4 is 11.8 Å². The Balaban J connectivity index is 2.01. The maximum Gasteiger partial charge on any atom is 0.269 e. The summed E-state index contributed by atoms with van der Waals surface area (Å²) < 4.78 is 15.7. The first-order valence-electron chi connectivity index (χ1n) is 8.08. The lowest BCUT2D eigenvalue weighted by Crippen LogP contribution is -2.41. The zero-order valence-corrected chi connectivity index (χ0v) is 15.0. The fraction of sp³-hybridized carbons (Fsp3) is 0.263. The van der Waals surface area contributed by atoms with Gasteiger partial charge in [-0.2, -0.15) is 0 Å². The average Bonchev–Trinajstić information content (AvgIpc) is 2.66. The lowest BCUT2D eigenvalue weighted by atomic mass is 10.1. The molecule has 0 atom stereocenters. The van der Waals surface area contributed by atoms with Crippen molar-refractivity contribution in [1.29, 1.82) is 0 Å². The van der Waals surface area contributed by atoms with E-state index in [0.717, 1.165) is 5.56 Å². The molecule has 2 aromatic rings. The van der Waals surface area contributed by atoms with Gasteiger partial charge in [0.2, 0.25) is 0 Å². The number of hydrazine groups is 1. The number of carbonyl (C=O) groups is 2. The van der Waals surface area contributed by atoms with Gasteiger partial charge in [-0.1, -0.05) is 12.1 Å². The van der Waals surface area contributed by atoms with Crippen LogP contribution in [0.3, 0.4) is 0 Å². The Hall–Kier alpha value is -3.06. The largest absolute Gasteiger partial charge is 0.493 e. The van der Waals surface area contributed by atoms with E-state index in [1.807, 2.05) is 13.0 Å². The Morgan fingerprint density at radius 2 is 1.62 bits per heavy atom. The number of ether oxygens (including phenoxy) is 3. The van der Waals surface area contributed by atoms with Crippen molar-refractivity contribution in [3.63, 3.8) is 0 Å².